The molecule has 0 saturated heterocycles. The van der Waals surface area contributed by atoms with Crippen LogP contribution in [0.2, 0.25) is 0 Å². The smallest absolute Gasteiger partial charge is 0.348 e. The van der Waals surface area contributed by atoms with E-state index in [-0.39, 0.29) is 24.5 Å². The summed E-state index contributed by atoms with van der Waals surface area (Å²) in [4.78, 5) is 26.0. The maximum Gasteiger partial charge on any atom is 0.348 e. The van der Waals surface area contributed by atoms with Gasteiger partial charge in [-0.05, 0) is 26.2 Å². The summed E-state index contributed by atoms with van der Waals surface area (Å²) < 4.78 is 34.1. The van der Waals surface area contributed by atoms with Gasteiger partial charge in [0, 0.05) is 30.3 Å². The summed E-state index contributed by atoms with van der Waals surface area (Å²) in [6, 6.07) is 0. The molecule has 2 heterocycles. The average molecular weight is 710 g/mol. The van der Waals surface area contributed by atoms with Gasteiger partial charge >= 0.3 is 7.68 Å². The summed E-state index contributed by atoms with van der Waals surface area (Å²) in [7, 11) is 0.478. The maximum atomic E-state index is 13.4. The molecule has 2 aromatic rings. The van der Waals surface area contributed by atoms with Gasteiger partial charge in [-0.2, -0.15) is 0 Å². The second-order valence-electron chi connectivity index (χ2n) is 13.4. The second-order valence-corrected chi connectivity index (χ2v) is 17.5. The zero-order valence-corrected chi connectivity index (χ0v) is 31.6. The van der Waals surface area contributed by atoms with Crippen molar-refractivity contribution in [1.29, 1.82) is 0 Å². The largest absolute Gasteiger partial charge is 0.382 e. The van der Waals surface area contributed by atoms with Crippen LogP contribution in [0.25, 0.3) is 11.2 Å². The first-order chi connectivity index (χ1) is 22.9. The minimum absolute atomic E-state index is 0.0183. The van der Waals surface area contributed by atoms with Crippen molar-refractivity contribution in [3.63, 3.8) is 0 Å². The van der Waals surface area contributed by atoms with E-state index in [1.54, 1.807) is 32.5 Å². The Bertz CT molecular complexity index is 1230. The van der Waals surface area contributed by atoms with Gasteiger partial charge in [-0.15, -0.1) is 0 Å². The number of anilines is 1. The monoisotopic (exact) mass is 709 g/mol. The van der Waals surface area contributed by atoms with Crippen LogP contribution in [0, 0.1) is 5.92 Å². The van der Waals surface area contributed by atoms with Gasteiger partial charge in [0.25, 0.3) is 0 Å². The molecule has 2 atom stereocenters. The van der Waals surface area contributed by atoms with Gasteiger partial charge in [0.15, 0.2) is 16.8 Å². The number of ether oxygens (including phenoxy) is 1. The van der Waals surface area contributed by atoms with E-state index in [1.165, 1.54) is 96.2 Å². The van der Waals surface area contributed by atoms with E-state index in [9.17, 15) is 13.9 Å². The number of hydrogen-bond acceptors (Lipinski definition) is 10. The molecule has 0 radical (unpaired) electrons. The van der Waals surface area contributed by atoms with E-state index in [4.69, 9.17) is 10.5 Å². The predicted molar refractivity (Wildman–Crippen MR) is 197 cm³/mol. The third-order valence-corrected chi connectivity index (χ3v) is 13.0. The third kappa shape index (κ3) is 14.5. The SMILES string of the molecule is CCCCCCCCCCCCCCCCSSCCC(CC(=O)C1CCCCC1)(OC(C)Cn1cnc2c(N)ncnc21)P(=O)=O. The highest BCUT2D eigenvalue weighted by molar-refractivity contribution is 8.76. The molecule has 1 aliphatic carbocycles. The number of unbranched alkanes of at least 4 members (excludes halogenated alkanes) is 13. The number of carbonyl (C=O) groups excluding carboxylic acids is 1. The van der Waals surface area contributed by atoms with Crippen molar-refractivity contribution in [1.82, 2.24) is 19.5 Å². The van der Waals surface area contributed by atoms with Crippen LogP contribution in [-0.4, -0.2) is 48.3 Å². The zero-order valence-electron chi connectivity index (χ0n) is 29.0. The van der Waals surface area contributed by atoms with Gasteiger partial charge in [-0.3, -0.25) is 4.79 Å². The van der Waals surface area contributed by atoms with Gasteiger partial charge in [-0.25, -0.2) is 24.1 Å². The number of rotatable bonds is 27. The van der Waals surface area contributed by atoms with Crippen LogP contribution >= 0.6 is 29.3 Å². The second kappa shape index (κ2) is 23.1. The number of aromatic nitrogens is 4. The Morgan fingerprint density at radius 3 is 2.13 bits per heavy atom. The molecule has 1 aliphatic rings. The fourth-order valence-electron chi connectivity index (χ4n) is 6.62. The minimum Gasteiger partial charge on any atom is -0.382 e. The van der Waals surface area contributed by atoms with Gasteiger partial charge < -0.3 is 15.0 Å². The molecule has 0 aliphatic heterocycles. The van der Waals surface area contributed by atoms with Gasteiger partial charge in [-0.1, -0.05) is 131 Å². The molecule has 0 amide bonds. The van der Waals surface area contributed by atoms with Crippen molar-refractivity contribution in [2.75, 3.05) is 17.2 Å². The van der Waals surface area contributed by atoms with Gasteiger partial charge in [0.05, 0.1) is 19.0 Å². The lowest BCUT2D eigenvalue weighted by Crippen LogP contribution is -2.37. The van der Waals surface area contributed by atoms with Crippen LogP contribution in [-0.2, 0) is 25.2 Å². The highest BCUT2D eigenvalue weighted by Crippen LogP contribution is 2.43. The first-order valence-electron chi connectivity index (χ1n) is 18.4. The lowest BCUT2D eigenvalue weighted by Gasteiger charge is -2.31. The lowest BCUT2D eigenvalue weighted by atomic mass is 9.84. The van der Waals surface area contributed by atoms with Crippen LogP contribution in [0.3, 0.4) is 0 Å². The molecule has 12 heteroatoms. The number of hydrogen-bond donors (Lipinski definition) is 1. The van der Waals surface area contributed by atoms with Gasteiger partial charge in [0.2, 0.25) is 0 Å². The highest BCUT2D eigenvalue weighted by atomic mass is 33.1. The first-order valence-corrected chi connectivity index (χ1v) is 22.0. The van der Waals surface area contributed by atoms with Crippen LogP contribution < -0.4 is 5.73 Å². The summed E-state index contributed by atoms with van der Waals surface area (Å²) in [6.07, 6.45) is 26.4. The molecular weight excluding hydrogens is 650 g/mol. The molecular formula is C35H60N5O4PS2. The van der Waals surface area contributed by atoms with E-state index in [0.29, 0.717) is 29.3 Å². The fraction of sp³-hybridized carbons (Fsp3) is 0.829. The van der Waals surface area contributed by atoms with E-state index in [1.807, 2.05) is 6.92 Å². The van der Waals surface area contributed by atoms with Crippen LogP contribution in [0.4, 0.5) is 5.82 Å². The summed E-state index contributed by atoms with van der Waals surface area (Å²) in [5.41, 5.74) is 7.01. The normalized spacial score (nSPS) is 16.0. The maximum absolute atomic E-state index is 13.4. The lowest BCUT2D eigenvalue weighted by molar-refractivity contribution is -0.130. The van der Waals surface area contributed by atoms with E-state index in [2.05, 4.69) is 21.9 Å². The van der Waals surface area contributed by atoms with Crippen molar-refractivity contribution < 1.29 is 18.7 Å². The number of Topliss-reactive ketones (excluding diaryl/α,β-unsaturated/α-hetero) is 1. The molecule has 3 rings (SSSR count). The molecule has 266 valence electrons. The number of carbonyl (C=O) groups is 1. The molecule has 1 saturated carbocycles. The minimum atomic E-state index is -3.02. The molecule has 1 fully saturated rings. The number of nitrogen functional groups attached to an aromatic ring is 1. The summed E-state index contributed by atoms with van der Waals surface area (Å²) >= 11 is 0. The number of nitrogens with zero attached hydrogens (tertiary/aromatic N) is 4. The third-order valence-electron chi connectivity index (χ3n) is 9.39. The van der Waals surface area contributed by atoms with Gasteiger partial charge in [0.1, 0.15) is 17.6 Å². The molecule has 0 spiro atoms. The Morgan fingerprint density at radius 1 is 0.915 bits per heavy atom. The van der Waals surface area contributed by atoms with E-state index < -0.39 is 19.1 Å². The van der Waals surface area contributed by atoms with Crippen LogP contribution in [0.15, 0.2) is 12.7 Å². The fourth-order valence-corrected chi connectivity index (χ4v) is 9.90. The van der Waals surface area contributed by atoms with Crippen LogP contribution in [0.1, 0.15) is 149 Å². The number of imidazole rings is 1. The molecule has 2 aromatic heterocycles. The Hall–Kier alpha value is -1.42. The Morgan fingerprint density at radius 2 is 1.51 bits per heavy atom. The van der Waals surface area contributed by atoms with Crippen molar-refractivity contribution in [3.05, 3.63) is 12.7 Å². The van der Waals surface area contributed by atoms with E-state index in [0.717, 1.165) is 37.9 Å². The van der Waals surface area contributed by atoms with Crippen molar-refractivity contribution >= 4 is 52.0 Å². The first kappa shape index (κ1) is 40.0. The van der Waals surface area contributed by atoms with Crippen LogP contribution in [0.5, 0.6) is 0 Å². The zero-order chi connectivity index (χ0) is 33.7. The summed E-state index contributed by atoms with van der Waals surface area (Å²) in [5.74, 6) is 1.90. The molecule has 2 N–H and O–H groups in total. The number of fused-ring (bicyclic) bond motifs is 1. The summed E-state index contributed by atoms with van der Waals surface area (Å²) in [5, 5.41) is -1.53. The number of ketones is 1. The quantitative estimate of drug-likeness (QED) is 0.0543. The van der Waals surface area contributed by atoms with E-state index >= 15 is 0 Å². The molecule has 0 bridgehead atoms. The molecule has 9 nitrogen and oxygen atoms in total. The van der Waals surface area contributed by atoms with Crippen molar-refractivity contribution in [3.8, 4) is 0 Å². The molecule has 0 aromatic carbocycles. The molecule has 2 unspecified atom stereocenters. The van der Waals surface area contributed by atoms with Crippen molar-refractivity contribution in [2.45, 2.75) is 167 Å². The Balaban J connectivity index is 1.40. The standard InChI is InChI=1S/C35H60N5O4PS2/c1-3-4-5-6-7-8-9-10-11-12-13-14-15-19-23-46-47-24-22-35(45(42)43,25-31(41)30-20-17-16-18-21-30)44-29(2)26-40-28-39-32-33(36)37-27-38-34(32)40/h27-30H,3-26H2,1-2H3,(H2,36,37,38). The van der Waals surface area contributed by atoms with Crippen molar-refractivity contribution in [2.24, 2.45) is 5.92 Å². The topological polar surface area (TPSA) is 130 Å². The predicted octanol–water partition coefficient (Wildman–Crippen LogP) is 10.5. The number of nitrogens with two attached hydrogens (primary N) is 1. The average Bonchev–Trinajstić information content (AvgIpc) is 3.47. The molecule has 47 heavy (non-hydrogen) atoms. The Labute approximate surface area is 291 Å². The summed E-state index contributed by atoms with van der Waals surface area (Å²) in [6.45, 7) is 4.44. The Kier molecular flexibility index (Phi) is 19.6. The highest BCUT2D eigenvalue weighted by Gasteiger charge is 2.43.